The van der Waals surface area contributed by atoms with Crippen molar-refractivity contribution in [1.29, 1.82) is 0 Å². The van der Waals surface area contributed by atoms with Crippen molar-refractivity contribution in [2.75, 3.05) is 6.61 Å². The largest absolute Gasteiger partial charge is 0.489 e. The number of benzene rings is 4. The number of fused-ring (bicyclic) bond motifs is 8. The minimum absolute atomic E-state index is 0.519. The number of ether oxygens (including phenoxy) is 1. The van der Waals surface area contributed by atoms with Gasteiger partial charge in [0, 0.05) is 48.3 Å². The third-order valence-corrected chi connectivity index (χ3v) is 10.5. The van der Waals surface area contributed by atoms with Crippen molar-refractivity contribution in [2.24, 2.45) is 0 Å². The molecule has 0 spiro atoms. The lowest BCUT2D eigenvalue weighted by Gasteiger charge is -2.09. The fourth-order valence-corrected chi connectivity index (χ4v) is 7.51. The van der Waals surface area contributed by atoms with Crippen LogP contribution in [-0.4, -0.2) is 26.5 Å². The van der Waals surface area contributed by atoms with Gasteiger partial charge in [0.1, 0.15) is 5.69 Å². The lowest BCUT2D eigenvalue weighted by Crippen LogP contribution is -1.98. The van der Waals surface area contributed by atoms with Crippen molar-refractivity contribution in [3.63, 3.8) is 0 Å². The van der Waals surface area contributed by atoms with Crippen molar-refractivity contribution in [3.8, 4) is 50.3 Å². The van der Waals surface area contributed by atoms with Gasteiger partial charge in [-0.2, -0.15) is 0 Å². The molecule has 0 amide bonds. The molecule has 0 saturated heterocycles. The third-order valence-electron chi connectivity index (χ3n) is 9.71. The first-order chi connectivity index (χ1) is 26.9. The van der Waals surface area contributed by atoms with Gasteiger partial charge in [0.15, 0.2) is 5.75 Å². The molecule has 0 saturated carbocycles. The average molecular weight is 776 g/mol. The molecular weight excluding hydrogens is 743 g/mol. The Labute approximate surface area is 333 Å². The van der Waals surface area contributed by atoms with E-state index in [1.165, 1.54) is 0 Å². The maximum Gasteiger partial charge on any atom is 0.168 e. The van der Waals surface area contributed by atoms with Gasteiger partial charge in [-0.1, -0.05) is 96.3 Å². The van der Waals surface area contributed by atoms with Crippen LogP contribution in [0, 0.1) is 0 Å². The zero-order valence-corrected chi connectivity index (χ0v) is 32.0. The second-order valence-electron chi connectivity index (χ2n) is 13.4. The van der Waals surface area contributed by atoms with Crippen molar-refractivity contribution in [1.82, 2.24) is 19.9 Å². The predicted octanol–water partition coefficient (Wildman–Crippen LogP) is 14.1. The van der Waals surface area contributed by atoms with Crippen LogP contribution in [0.3, 0.4) is 0 Å². The van der Waals surface area contributed by atoms with E-state index in [2.05, 4.69) is 77.6 Å². The molecule has 7 aromatic rings. The fourth-order valence-electron chi connectivity index (χ4n) is 7.13. The Hall–Kier alpha value is -5.85. The summed E-state index contributed by atoms with van der Waals surface area (Å²) < 4.78 is 6.64. The molecule has 55 heavy (non-hydrogen) atoms. The summed E-state index contributed by atoms with van der Waals surface area (Å²) in [5.74, 6) is 0.670. The van der Waals surface area contributed by atoms with Crippen molar-refractivity contribution >= 4 is 81.2 Å². The highest BCUT2D eigenvalue weighted by molar-refractivity contribution is 6.31. The highest BCUT2D eigenvalue weighted by atomic mass is 35.5. The lowest BCUT2D eigenvalue weighted by atomic mass is 9.99. The molecule has 4 aromatic carbocycles. The first-order valence-corrected chi connectivity index (χ1v) is 19.2. The molecule has 2 N–H and O–H groups in total. The number of nitrogens with one attached hydrogen (secondary N) is 2. The summed E-state index contributed by atoms with van der Waals surface area (Å²) in [5, 5.41) is 2.03. The molecule has 0 atom stereocenters. The second kappa shape index (κ2) is 14.8. The molecule has 0 fully saturated rings. The van der Waals surface area contributed by atoms with Gasteiger partial charge < -0.3 is 14.7 Å². The average Bonchev–Trinajstić information content (AvgIpc) is 4.04. The van der Waals surface area contributed by atoms with Crippen LogP contribution >= 0.6 is 34.8 Å². The molecule has 5 heterocycles. The van der Waals surface area contributed by atoms with E-state index in [0.717, 1.165) is 95.8 Å². The summed E-state index contributed by atoms with van der Waals surface area (Å²) in [6, 6.07) is 40.6. The van der Waals surface area contributed by atoms with Gasteiger partial charge in [0.05, 0.1) is 29.2 Å². The van der Waals surface area contributed by atoms with E-state index in [0.29, 0.717) is 27.4 Å². The Morgan fingerprint density at radius 1 is 0.527 bits per heavy atom. The number of halogens is 3. The number of aromatic nitrogens is 4. The molecule has 8 heteroatoms. The van der Waals surface area contributed by atoms with E-state index in [9.17, 15) is 0 Å². The van der Waals surface area contributed by atoms with Crippen LogP contribution in [-0.2, 0) is 0 Å². The normalized spacial score (nSPS) is 12.0. The van der Waals surface area contributed by atoms with Crippen LogP contribution in [0.4, 0.5) is 0 Å². The number of nitrogens with zero attached hydrogens (tertiary/aromatic N) is 2. The summed E-state index contributed by atoms with van der Waals surface area (Å²) in [6.07, 6.45) is 9.02. The standard InChI is InChI=1S/C47H33Cl3N4O/c1-2-24-55-47-43-23-22-42(54-43)45(30-10-16-35(50)17-11-30)41-21-20-40(53-41)44(29-8-14-34(49)15-9-29)39-19-18-36(51-39)26-37-27-38(46(47)52-37)32-5-3-4-31(25-32)28-6-12-33(48)13-7-28/h3-23,25-27,52-53H,2,24H2,1H3. The van der Waals surface area contributed by atoms with Crippen LogP contribution in [0.1, 0.15) is 36.1 Å². The van der Waals surface area contributed by atoms with Gasteiger partial charge in [-0.15, -0.1) is 0 Å². The topological polar surface area (TPSA) is 66.6 Å². The highest BCUT2D eigenvalue weighted by Gasteiger charge is 2.19. The van der Waals surface area contributed by atoms with Crippen molar-refractivity contribution < 1.29 is 4.74 Å². The lowest BCUT2D eigenvalue weighted by molar-refractivity contribution is 0.319. The van der Waals surface area contributed by atoms with Crippen molar-refractivity contribution in [3.05, 3.63) is 159 Å². The number of aromatic amines is 2. The summed E-state index contributed by atoms with van der Waals surface area (Å²) >= 11 is 19.0. The van der Waals surface area contributed by atoms with Crippen LogP contribution in [0.25, 0.3) is 90.9 Å². The molecular formula is C47H33Cl3N4O. The van der Waals surface area contributed by atoms with E-state index in [4.69, 9.17) is 49.5 Å². The van der Waals surface area contributed by atoms with Crippen LogP contribution < -0.4 is 4.74 Å². The minimum atomic E-state index is 0.519. The molecule has 3 aromatic heterocycles. The maximum atomic E-state index is 6.64. The molecule has 2 aliphatic heterocycles. The second-order valence-corrected chi connectivity index (χ2v) is 14.8. The number of rotatable bonds is 7. The maximum absolute atomic E-state index is 6.64. The minimum Gasteiger partial charge on any atom is -0.489 e. The first-order valence-electron chi connectivity index (χ1n) is 18.1. The van der Waals surface area contributed by atoms with Crippen LogP contribution in [0.15, 0.2) is 121 Å². The molecule has 9 rings (SSSR count). The third kappa shape index (κ3) is 6.99. The number of hydrogen-bond donors (Lipinski definition) is 2. The van der Waals surface area contributed by atoms with Gasteiger partial charge in [0.25, 0.3) is 0 Å². The van der Waals surface area contributed by atoms with Crippen molar-refractivity contribution in [2.45, 2.75) is 13.3 Å². The smallest absolute Gasteiger partial charge is 0.168 e. The van der Waals surface area contributed by atoms with E-state index >= 15 is 0 Å². The molecule has 0 aliphatic carbocycles. The van der Waals surface area contributed by atoms with Gasteiger partial charge in [-0.25, -0.2) is 9.97 Å². The van der Waals surface area contributed by atoms with E-state index in [-0.39, 0.29) is 0 Å². The van der Waals surface area contributed by atoms with Crippen LogP contribution in [0.5, 0.6) is 5.75 Å². The molecule has 8 bridgehead atoms. The van der Waals surface area contributed by atoms with E-state index in [1.54, 1.807) is 0 Å². The monoisotopic (exact) mass is 774 g/mol. The Balaban J connectivity index is 1.39. The van der Waals surface area contributed by atoms with Gasteiger partial charge in [-0.05, 0) is 125 Å². The summed E-state index contributed by atoms with van der Waals surface area (Å²) in [5.41, 5.74) is 14.7. The van der Waals surface area contributed by atoms with Gasteiger partial charge in [0.2, 0.25) is 0 Å². The summed E-state index contributed by atoms with van der Waals surface area (Å²) in [6.45, 7) is 2.62. The van der Waals surface area contributed by atoms with Gasteiger partial charge in [-0.3, -0.25) is 0 Å². The van der Waals surface area contributed by atoms with E-state index in [1.807, 2.05) is 84.9 Å². The molecule has 268 valence electrons. The zero-order chi connectivity index (χ0) is 37.5. The Morgan fingerprint density at radius 3 is 1.73 bits per heavy atom. The van der Waals surface area contributed by atoms with E-state index < -0.39 is 0 Å². The Bertz CT molecular complexity index is 2820. The SMILES string of the molecule is CCCOc1c2nc(c(-c3ccc(Cl)cc3)c3ccc([nH]3)c(-c3ccc(Cl)cc3)c3nc(cc4cc(-c5cccc(-c6ccc(Cl)cc6)c5)c1[nH]4)C=C3)C=C2. The first kappa shape index (κ1) is 34.9. The van der Waals surface area contributed by atoms with Gasteiger partial charge >= 0.3 is 0 Å². The molecule has 2 aliphatic rings. The van der Waals surface area contributed by atoms with Crippen LogP contribution in [0.2, 0.25) is 15.1 Å². The highest BCUT2D eigenvalue weighted by Crippen LogP contribution is 2.39. The molecule has 5 nitrogen and oxygen atoms in total. The molecule has 0 radical (unpaired) electrons. The summed E-state index contributed by atoms with van der Waals surface area (Å²) in [4.78, 5) is 17.9. The summed E-state index contributed by atoms with van der Waals surface area (Å²) in [7, 11) is 0. The number of H-pyrrole nitrogens is 2. The predicted molar refractivity (Wildman–Crippen MR) is 231 cm³/mol. The Kier molecular flexibility index (Phi) is 9.37. The zero-order valence-electron chi connectivity index (χ0n) is 29.7. The number of hydrogen-bond acceptors (Lipinski definition) is 3. The quantitative estimate of drug-likeness (QED) is 0.169. The molecule has 0 unspecified atom stereocenters. The Morgan fingerprint density at radius 2 is 1.09 bits per heavy atom. The fraction of sp³-hybridized carbons (Fsp3) is 0.0638.